The van der Waals surface area contributed by atoms with Crippen LogP contribution in [0, 0.1) is 0 Å². The number of thiocarbonyl (C=S) groups is 1. The molecule has 0 aromatic heterocycles. The number of rotatable bonds is 5. The summed E-state index contributed by atoms with van der Waals surface area (Å²) in [4.78, 5) is 0.123. The fourth-order valence-corrected chi connectivity index (χ4v) is 1.71. The Balaban J connectivity index is 4.34. The average Bonchev–Trinajstić information content (AvgIpc) is 1.83. The van der Waals surface area contributed by atoms with Crippen molar-refractivity contribution >= 4 is 27.4 Å². The van der Waals surface area contributed by atoms with Crippen LogP contribution in [-0.2, 0) is 10.2 Å². The van der Waals surface area contributed by atoms with Crippen LogP contribution in [-0.4, -0.2) is 30.8 Å². The quantitative estimate of drug-likeness (QED) is 0.582. The van der Waals surface area contributed by atoms with Gasteiger partial charge in [0.15, 0.2) is 0 Å². The molecular formula is C5H13N3O2S2. The van der Waals surface area contributed by atoms with Crippen molar-refractivity contribution < 1.29 is 8.42 Å². The molecule has 7 heteroatoms. The van der Waals surface area contributed by atoms with Crippen LogP contribution < -0.4 is 10.9 Å². The van der Waals surface area contributed by atoms with Crippen LogP contribution in [0.2, 0.25) is 0 Å². The third kappa shape index (κ3) is 4.60. The van der Waals surface area contributed by atoms with Crippen molar-refractivity contribution in [3.05, 3.63) is 0 Å². The molecule has 0 aromatic rings. The van der Waals surface area contributed by atoms with Crippen molar-refractivity contribution in [1.82, 2.24) is 4.31 Å². The van der Waals surface area contributed by atoms with Crippen molar-refractivity contribution in [2.45, 2.75) is 13.3 Å². The molecule has 0 spiro atoms. The fraction of sp³-hybridized carbons (Fsp3) is 0.800. The Morgan fingerprint density at radius 1 is 1.58 bits per heavy atom. The minimum atomic E-state index is -3.66. The Kier molecular flexibility index (Phi) is 4.61. The van der Waals surface area contributed by atoms with Gasteiger partial charge in [0, 0.05) is 6.54 Å². The summed E-state index contributed by atoms with van der Waals surface area (Å²) >= 11 is 4.57. The van der Waals surface area contributed by atoms with E-state index in [-0.39, 0.29) is 11.5 Å². The third-order valence-electron chi connectivity index (χ3n) is 1.17. The maximum atomic E-state index is 10.8. The van der Waals surface area contributed by atoms with E-state index in [0.717, 1.165) is 4.31 Å². The molecule has 0 amide bonds. The number of nitrogens with two attached hydrogens (primary N) is 2. The minimum Gasteiger partial charge on any atom is -0.392 e. The first kappa shape index (κ1) is 11.8. The van der Waals surface area contributed by atoms with Gasteiger partial charge in [-0.1, -0.05) is 19.1 Å². The summed E-state index contributed by atoms with van der Waals surface area (Å²) in [5.74, 6) is 0. The van der Waals surface area contributed by atoms with Crippen molar-refractivity contribution in [2.75, 3.05) is 13.1 Å². The maximum absolute atomic E-state index is 10.8. The Labute approximate surface area is 77.9 Å². The summed E-state index contributed by atoms with van der Waals surface area (Å²) in [5, 5.41) is 4.90. The second-order valence-electron chi connectivity index (χ2n) is 2.34. The van der Waals surface area contributed by atoms with Gasteiger partial charge < -0.3 is 5.73 Å². The lowest BCUT2D eigenvalue weighted by Gasteiger charge is -2.17. The molecular weight excluding hydrogens is 198 g/mol. The predicted molar refractivity (Wildman–Crippen MR) is 51.8 cm³/mol. The minimum absolute atomic E-state index is 0.0159. The van der Waals surface area contributed by atoms with Gasteiger partial charge in [0.2, 0.25) is 0 Å². The van der Waals surface area contributed by atoms with E-state index in [2.05, 4.69) is 12.2 Å². The molecule has 0 heterocycles. The highest BCUT2D eigenvalue weighted by Gasteiger charge is 2.16. The van der Waals surface area contributed by atoms with Crippen LogP contribution in [0.5, 0.6) is 0 Å². The standard InChI is InChI=1S/C5H13N3O2S2/c1-2-3-8(4-5(6)11)12(7,9)10/h2-4H2,1H3,(H2,6,11)(H2,7,9,10). The molecule has 0 aromatic carbocycles. The van der Waals surface area contributed by atoms with Gasteiger partial charge in [-0.05, 0) is 6.42 Å². The molecule has 72 valence electrons. The summed E-state index contributed by atoms with van der Waals surface area (Å²) in [6, 6.07) is 0. The first-order valence-electron chi connectivity index (χ1n) is 3.44. The van der Waals surface area contributed by atoms with Crippen LogP contribution in [0.15, 0.2) is 0 Å². The zero-order valence-corrected chi connectivity index (χ0v) is 8.49. The highest BCUT2D eigenvalue weighted by atomic mass is 32.2. The van der Waals surface area contributed by atoms with E-state index in [9.17, 15) is 8.42 Å². The van der Waals surface area contributed by atoms with E-state index in [1.807, 2.05) is 6.92 Å². The van der Waals surface area contributed by atoms with Crippen molar-refractivity contribution in [3.8, 4) is 0 Å². The van der Waals surface area contributed by atoms with E-state index >= 15 is 0 Å². The highest BCUT2D eigenvalue weighted by molar-refractivity contribution is 7.87. The summed E-state index contributed by atoms with van der Waals surface area (Å²) < 4.78 is 22.7. The van der Waals surface area contributed by atoms with Crippen molar-refractivity contribution in [2.24, 2.45) is 10.9 Å². The van der Waals surface area contributed by atoms with Gasteiger partial charge in [-0.25, -0.2) is 5.14 Å². The van der Waals surface area contributed by atoms with E-state index in [1.54, 1.807) is 0 Å². The molecule has 4 N–H and O–H groups in total. The molecule has 0 aliphatic rings. The zero-order chi connectivity index (χ0) is 9.78. The van der Waals surface area contributed by atoms with Gasteiger partial charge in [-0.15, -0.1) is 0 Å². The molecule has 12 heavy (non-hydrogen) atoms. The van der Waals surface area contributed by atoms with E-state index in [4.69, 9.17) is 10.9 Å². The first-order chi connectivity index (χ1) is 5.38. The number of hydrogen-bond donors (Lipinski definition) is 2. The molecule has 0 aliphatic carbocycles. The smallest absolute Gasteiger partial charge is 0.277 e. The maximum Gasteiger partial charge on any atom is 0.277 e. The van der Waals surface area contributed by atoms with E-state index in [0.29, 0.717) is 13.0 Å². The van der Waals surface area contributed by atoms with Crippen LogP contribution in [0.1, 0.15) is 13.3 Å². The third-order valence-corrected chi connectivity index (χ3v) is 2.33. The van der Waals surface area contributed by atoms with Crippen molar-refractivity contribution in [3.63, 3.8) is 0 Å². The number of nitrogens with zero attached hydrogens (tertiary/aromatic N) is 1. The Morgan fingerprint density at radius 3 is 2.33 bits per heavy atom. The molecule has 0 rings (SSSR count). The Bertz CT molecular complexity index is 249. The first-order valence-corrected chi connectivity index (χ1v) is 5.35. The molecule has 0 bridgehead atoms. The summed E-state index contributed by atoms with van der Waals surface area (Å²) in [5.41, 5.74) is 5.19. The van der Waals surface area contributed by atoms with Gasteiger partial charge in [0.25, 0.3) is 10.2 Å². The predicted octanol–water partition coefficient (Wildman–Crippen LogP) is -0.812. The molecule has 0 fully saturated rings. The largest absolute Gasteiger partial charge is 0.392 e. The van der Waals surface area contributed by atoms with Crippen LogP contribution in [0.3, 0.4) is 0 Å². The van der Waals surface area contributed by atoms with Gasteiger partial charge in [0.1, 0.15) is 0 Å². The van der Waals surface area contributed by atoms with Gasteiger partial charge in [-0.3, -0.25) is 0 Å². The summed E-state index contributed by atoms with van der Waals surface area (Å²) in [7, 11) is -3.66. The topological polar surface area (TPSA) is 89.4 Å². The van der Waals surface area contributed by atoms with Crippen molar-refractivity contribution in [1.29, 1.82) is 0 Å². The van der Waals surface area contributed by atoms with Crippen LogP contribution in [0.4, 0.5) is 0 Å². The van der Waals surface area contributed by atoms with Crippen LogP contribution >= 0.6 is 12.2 Å². The van der Waals surface area contributed by atoms with E-state index < -0.39 is 10.2 Å². The van der Waals surface area contributed by atoms with Gasteiger partial charge in [-0.2, -0.15) is 12.7 Å². The fourth-order valence-electron chi connectivity index (χ4n) is 0.719. The molecule has 5 nitrogen and oxygen atoms in total. The Hall–Kier alpha value is -0.240. The van der Waals surface area contributed by atoms with Gasteiger partial charge >= 0.3 is 0 Å². The summed E-state index contributed by atoms with van der Waals surface area (Å²) in [6.45, 7) is 2.20. The highest BCUT2D eigenvalue weighted by Crippen LogP contribution is 1.95. The second-order valence-corrected chi connectivity index (χ2v) is 4.42. The van der Waals surface area contributed by atoms with Gasteiger partial charge in [0.05, 0.1) is 11.5 Å². The second kappa shape index (κ2) is 4.70. The lowest BCUT2D eigenvalue weighted by Crippen LogP contribution is -2.41. The van der Waals surface area contributed by atoms with Crippen LogP contribution in [0.25, 0.3) is 0 Å². The molecule has 0 aliphatic heterocycles. The molecule has 0 atom stereocenters. The lowest BCUT2D eigenvalue weighted by molar-refractivity contribution is 0.450. The molecule has 0 saturated carbocycles. The Morgan fingerprint density at radius 2 is 2.08 bits per heavy atom. The molecule has 0 saturated heterocycles. The average molecular weight is 211 g/mol. The monoisotopic (exact) mass is 211 g/mol. The normalized spacial score (nSPS) is 11.9. The summed E-state index contributed by atoms with van der Waals surface area (Å²) in [6.07, 6.45) is 0.680. The molecule has 0 unspecified atom stereocenters. The number of hydrogen-bond acceptors (Lipinski definition) is 3. The lowest BCUT2D eigenvalue weighted by atomic mass is 10.5. The van der Waals surface area contributed by atoms with E-state index in [1.165, 1.54) is 0 Å². The zero-order valence-electron chi connectivity index (χ0n) is 6.86. The molecule has 0 radical (unpaired) electrons. The SMILES string of the molecule is CCCN(CC(N)=S)S(N)(=O)=O.